The van der Waals surface area contributed by atoms with Crippen molar-refractivity contribution in [3.05, 3.63) is 45.7 Å². The number of methoxy groups -OCH3 is 1. The maximum absolute atomic E-state index is 14.2. The number of guanidine groups is 1. The van der Waals surface area contributed by atoms with Gasteiger partial charge < -0.3 is 19.9 Å². The van der Waals surface area contributed by atoms with Gasteiger partial charge in [-0.05, 0) is 19.1 Å². The van der Waals surface area contributed by atoms with Gasteiger partial charge in [-0.2, -0.15) is 14.6 Å². The molecular weight excluding hydrogens is 393 g/mol. The Morgan fingerprint density at radius 3 is 2.90 bits per heavy atom. The van der Waals surface area contributed by atoms with E-state index in [1.165, 1.54) is 18.4 Å². The fraction of sp³-hybridized carbons (Fsp3) is 0.368. The first-order valence-corrected chi connectivity index (χ1v) is 9.75. The molecule has 2 saturated heterocycles. The summed E-state index contributed by atoms with van der Waals surface area (Å²) in [7, 11) is 3.16. The van der Waals surface area contributed by atoms with Gasteiger partial charge in [0.2, 0.25) is 11.8 Å². The highest BCUT2D eigenvalue weighted by molar-refractivity contribution is 7.12. The standard InChI is InChI=1S/C19H20FN7OS/c1-10-15(20)16(28-4)24-18(23-10)27-8-13-11(2)26(3)17(22)25-19(13,9-27)14-6-5-12(7-21)29-14/h5-6,13H,2,8-9H2,1,3-4H3,(H2,22,25)/t13-,19-/m0/s1. The van der Waals surface area contributed by atoms with E-state index >= 15 is 0 Å². The number of anilines is 1. The Morgan fingerprint density at radius 1 is 1.48 bits per heavy atom. The van der Waals surface area contributed by atoms with Crippen LogP contribution in [0.5, 0.6) is 5.88 Å². The van der Waals surface area contributed by atoms with Crippen molar-refractivity contribution in [1.29, 1.82) is 10.7 Å². The number of hydrogen-bond donors (Lipinski definition) is 2. The molecule has 2 atom stereocenters. The Labute approximate surface area is 171 Å². The Morgan fingerprint density at radius 2 is 2.24 bits per heavy atom. The van der Waals surface area contributed by atoms with Gasteiger partial charge in [-0.1, -0.05) is 6.58 Å². The molecule has 29 heavy (non-hydrogen) atoms. The predicted octanol–water partition coefficient (Wildman–Crippen LogP) is 2.18. The molecule has 0 spiro atoms. The third-order valence-corrected chi connectivity index (χ3v) is 6.72. The molecule has 4 rings (SSSR count). The van der Waals surface area contributed by atoms with Gasteiger partial charge >= 0.3 is 0 Å². The number of aromatic nitrogens is 2. The summed E-state index contributed by atoms with van der Waals surface area (Å²) in [6.07, 6.45) is 0. The first kappa shape index (κ1) is 19.1. The molecule has 2 aromatic heterocycles. The van der Waals surface area contributed by atoms with E-state index in [1.807, 2.05) is 11.0 Å². The largest absolute Gasteiger partial charge is 0.479 e. The van der Waals surface area contributed by atoms with Gasteiger partial charge in [0.15, 0.2) is 5.96 Å². The Hall–Kier alpha value is -3.19. The van der Waals surface area contributed by atoms with Crippen LogP contribution in [-0.2, 0) is 5.54 Å². The lowest BCUT2D eigenvalue weighted by molar-refractivity contribution is 0.274. The summed E-state index contributed by atoms with van der Waals surface area (Å²) in [5.74, 6) is -0.185. The van der Waals surface area contributed by atoms with Gasteiger partial charge in [0, 0.05) is 36.6 Å². The van der Waals surface area contributed by atoms with E-state index in [9.17, 15) is 9.65 Å². The summed E-state index contributed by atoms with van der Waals surface area (Å²) in [5, 5.41) is 21.0. The lowest BCUT2D eigenvalue weighted by Crippen LogP contribution is -2.60. The third kappa shape index (κ3) is 2.81. The summed E-state index contributed by atoms with van der Waals surface area (Å²) in [4.78, 5) is 13.7. The van der Waals surface area contributed by atoms with Crippen LogP contribution in [0.25, 0.3) is 0 Å². The average molecular weight is 413 g/mol. The van der Waals surface area contributed by atoms with Crippen LogP contribution in [0.1, 0.15) is 15.4 Å². The number of aryl methyl sites for hydroxylation is 1. The van der Waals surface area contributed by atoms with Crippen molar-refractivity contribution in [1.82, 2.24) is 20.2 Å². The smallest absolute Gasteiger partial charge is 0.255 e. The minimum absolute atomic E-state index is 0.0910. The second-order valence-electron chi connectivity index (χ2n) is 7.14. The minimum atomic E-state index is -0.653. The van der Waals surface area contributed by atoms with Gasteiger partial charge in [-0.15, -0.1) is 11.3 Å². The summed E-state index contributed by atoms with van der Waals surface area (Å²) >= 11 is 1.39. The molecule has 2 aliphatic heterocycles. The van der Waals surface area contributed by atoms with E-state index in [2.05, 4.69) is 27.9 Å². The molecule has 2 N–H and O–H groups in total. The fourth-order valence-electron chi connectivity index (χ4n) is 3.94. The number of thiophene rings is 1. The molecule has 4 heterocycles. The van der Waals surface area contributed by atoms with Crippen LogP contribution in [-0.4, -0.2) is 48.1 Å². The van der Waals surface area contributed by atoms with Crippen LogP contribution < -0.4 is 15.0 Å². The predicted molar refractivity (Wildman–Crippen MR) is 107 cm³/mol. The first-order chi connectivity index (χ1) is 13.8. The summed E-state index contributed by atoms with van der Waals surface area (Å²) in [6.45, 7) is 6.74. The molecule has 0 radical (unpaired) electrons. The zero-order chi connectivity index (χ0) is 20.9. The van der Waals surface area contributed by atoms with Crippen molar-refractivity contribution >= 4 is 23.2 Å². The molecule has 0 amide bonds. The molecule has 2 aliphatic rings. The molecule has 0 bridgehead atoms. The lowest BCUT2D eigenvalue weighted by Gasteiger charge is -2.45. The molecule has 0 aromatic carbocycles. The van der Waals surface area contributed by atoms with Crippen molar-refractivity contribution in [3.8, 4) is 11.9 Å². The first-order valence-electron chi connectivity index (χ1n) is 8.93. The zero-order valence-corrected chi connectivity index (χ0v) is 17.1. The number of halogens is 1. The lowest BCUT2D eigenvalue weighted by atomic mass is 9.81. The Kier molecular flexibility index (Phi) is 4.42. The van der Waals surface area contributed by atoms with Crippen molar-refractivity contribution < 1.29 is 9.13 Å². The summed E-state index contributed by atoms with van der Waals surface area (Å²) in [5.41, 5.74) is 0.337. The van der Waals surface area contributed by atoms with Crippen molar-refractivity contribution in [2.75, 3.05) is 32.1 Å². The van der Waals surface area contributed by atoms with Crippen molar-refractivity contribution in [2.24, 2.45) is 5.92 Å². The number of ether oxygens (including phenoxy) is 1. The van der Waals surface area contributed by atoms with Crippen LogP contribution in [0.3, 0.4) is 0 Å². The van der Waals surface area contributed by atoms with Gasteiger partial charge in [0.05, 0.1) is 12.8 Å². The molecule has 0 aliphatic carbocycles. The second kappa shape index (κ2) is 6.70. The van der Waals surface area contributed by atoms with Crippen LogP contribution in [0.15, 0.2) is 24.4 Å². The SMILES string of the molecule is C=C1[C@@H]2CN(c3nc(C)c(F)c(OC)n3)C[C@]2(c2ccc(C#N)s2)NC(=N)N1C. The monoisotopic (exact) mass is 413 g/mol. The topological polar surface area (TPSA) is 101 Å². The molecule has 150 valence electrons. The molecule has 0 saturated carbocycles. The van der Waals surface area contributed by atoms with Crippen LogP contribution >= 0.6 is 11.3 Å². The van der Waals surface area contributed by atoms with Crippen LogP contribution in [0, 0.1) is 35.4 Å². The number of fused-ring (bicyclic) bond motifs is 1. The highest BCUT2D eigenvalue weighted by atomic mass is 32.1. The molecule has 2 fully saturated rings. The summed E-state index contributed by atoms with van der Waals surface area (Å²) in [6, 6.07) is 5.87. The number of rotatable bonds is 3. The third-order valence-electron chi connectivity index (χ3n) is 5.55. The molecule has 8 nitrogen and oxygen atoms in total. The van der Waals surface area contributed by atoms with Crippen molar-refractivity contribution in [3.63, 3.8) is 0 Å². The van der Waals surface area contributed by atoms with E-state index in [0.717, 1.165) is 10.6 Å². The maximum Gasteiger partial charge on any atom is 0.255 e. The maximum atomic E-state index is 14.2. The average Bonchev–Trinajstić information content (AvgIpc) is 3.34. The van der Waals surface area contributed by atoms with Crippen LogP contribution in [0.2, 0.25) is 0 Å². The Balaban J connectivity index is 1.81. The highest BCUT2D eigenvalue weighted by Crippen LogP contribution is 2.46. The quantitative estimate of drug-likeness (QED) is 0.795. The van der Waals surface area contributed by atoms with Crippen molar-refractivity contribution in [2.45, 2.75) is 12.5 Å². The number of nitrogens with zero attached hydrogens (tertiary/aromatic N) is 5. The second-order valence-corrected chi connectivity index (χ2v) is 8.22. The summed E-state index contributed by atoms with van der Waals surface area (Å²) < 4.78 is 19.2. The van der Waals surface area contributed by atoms with E-state index in [1.54, 1.807) is 24.9 Å². The molecule has 10 heteroatoms. The van der Waals surface area contributed by atoms with E-state index < -0.39 is 11.4 Å². The zero-order valence-electron chi connectivity index (χ0n) is 16.3. The molecule has 0 unspecified atom stereocenters. The van der Waals surface area contributed by atoms with E-state index in [0.29, 0.717) is 23.9 Å². The highest BCUT2D eigenvalue weighted by Gasteiger charge is 2.55. The van der Waals surface area contributed by atoms with Gasteiger partial charge in [0.1, 0.15) is 16.5 Å². The van der Waals surface area contributed by atoms with Gasteiger partial charge in [0.25, 0.3) is 5.88 Å². The fourth-order valence-corrected chi connectivity index (χ4v) is 4.93. The van der Waals surface area contributed by atoms with Crippen LogP contribution in [0.4, 0.5) is 10.3 Å². The van der Waals surface area contributed by atoms with Gasteiger partial charge in [-0.25, -0.2) is 4.98 Å². The number of nitriles is 1. The number of nitrogens with one attached hydrogen (secondary N) is 2. The van der Waals surface area contributed by atoms with E-state index in [4.69, 9.17) is 10.1 Å². The van der Waals surface area contributed by atoms with Gasteiger partial charge in [-0.3, -0.25) is 5.41 Å². The number of hydrogen-bond acceptors (Lipinski definition) is 7. The van der Waals surface area contributed by atoms with E-state index in [-0.39, 0.29) is 23.5 Å². The molecule has 2 aromatic rings. The molecular formula is C19H20FN7OS. The normalized spacial score (nSPS) is 23.6. The Bertz CT molecular complexity index is 1060. The minimum Gasteiger partial charge on any atom is -0.479 e.